The van der Waals surface area contributed by atoms with E-state index in [0.29, 0.717) is 12.7 Å². The Hall–Kier alpha value is -0.890. The van der Waals surface area contributed by atoms with Gasteiger partial charge in [0.1, 0.15) is 0 Å². The number of rotatable bonds is 4. The first kappa shape index (κ1) is 11.6. The molecule has 2 rings (SSSR count). The zero-order chi connectivity index (χ0) is 11.6. The fourth-order valence-corrected chi connectivity index (χ4v) is 2.15. The summed E-state index contributed by atoms with van der Waals surface area (Å²) < 4.78 is 6.05. The molecule has 2 nitrogen and oxygen atoms in total. The highest BCUT2D eigenvalue weighted by Gasteiger charge is 2.39. The highest BCUT2D eigenvalue weighted by atomic mass is 16.5. The van der Waals surface area contributed by atoms with Crippen LogP contribution in [0.1, 0.15) is 39.3 Å². The predicted molar refractivity (Wildman–Crippen MR) is 65.0 cm³/mol. The monoisotopic (exact) mass is 219 g/mol. The van der Waals surface area contributed by atoms with Gasteiger partial charge in [-0.1, -0.05) is 26.8 Å². The molecule has 0 aromatic carbocycles. The zero-order valence-corrected chi connectivity index (χ0v) is 10.4. The summed E-state index contributed by atoms with van der Waals surface area (Å²) in [7, 11) is 0. The molecule has 1 fully saturated rings. The third-order valence-electron chi connectivity index (χ3n) is 3.04. The Bertz CT molecular complexity index is 324. The summed E-state index contributed by atoms with van der Waals surface area (Å²) in [5, 5.41) is 0. The van der Waals surface area contributed by atoms with E-state index in [0.717, 1.165) is 11.6 Å². The maximum absolute atomic E-state index is 6.05. The van der Waals surface area contributed by atoms with Crippen molar-refractivity contribution in [3.8, 4) is 0 Å². The molecule has 0 N–H and O–H groups in total. The first-order valence-corrected chi connectivity index (χ1v) is 6.09. The van der Waals surface area contributed by atoms with Gasteiger partial charge in [0.2, 0.25) is 0 Å². The normalized spacial score (nSPS) is 18.4. The third-order valence-corrected chi connectivity index (χ3v) is 3.04. The summed E-state index contributed by atoms with van der Waals surface area (Å²) in [5.74, 6) is 0.767. The lowest BCUT2D eigenvalue weighted by Gasteiger charge is -2.30. The smallest absolute Gasteiger partial charge is 0.0892 e. The Labute approximate surface area is 98.0 Å². The van der Waals surface area contributed by atoms with Crippen molar-refractivity contribution in [3.05, 3.63) is 30.1 Å². The van der Waals surface area contributed by atoms with Gasteiger partial charge in [-0.15, -0.1) is 0 Å². The Balaban J connectivity index is 1.92. The van der Waals surface area contributed by atoms with Crippen LogP contribution in [-0.2, 0) is 11.3 Å². The Morgan fingerprint density at radius 2 is 2.12 bits per heavy atom. The van der Waals surface area contributed by atoms with Gasteiger partial charge in [-0.05, 0) is 36.3 Å². The van der Waals surface area contributed by atoms with Gasteiger partial charge in [0.25, 0.3) is 0 Å². The fourth-order valence-electron chi connectivity index (χ4n) is 2.15. The van der Waals surface area contributed by atoms with Crippen LogP contribution in [0.5, 0.6) is 0 Å². The zero-order valence-electron chi connectivity index (χ0n) is 10.4. The molecular formula is C14H21NO. The lowest BCUT2D eigenvalue weighted by atomic mass is 9.86. The van der Waals surface area contributed by atoms with E-state index >= 15 is 0 Å². The molecule has 0 amide bonds. The molecule has 1 aromatic heterocycles. The number of hydrogen-bond donors (Lipinski definition) is 0. The summed E-state index contributed by atoms with van der Waals surface area (Å²) in [4.78, 5) is 4.29. The van der Waals surface area contributed by atoms with Crippen molar-refractivity contribution in [3.63, 3.8) is 0 Å². The van der Waals surface area contributed by atoms with Crippen LogP contribution in [0.25, 0.3) is 0 Å². The molecule has 1 atom stereocenters. The van der Waals surface area contributed by atoms with Crippen LogP contribution < -0.4 is 0 Å². The highest BCUT2D eigenvalue weighted by molar-refractivity contribution is 5.02. The molecule has 0 spiro atoms. The molecule has 0 aliphatic heterocycles. The number of pyridine rings is 1. The summed E-state index contributed by atoms with van der Waals surface area (Å²) in [6.07, 6.45) is 4.84. The summed E-state index contributed by atoms with van der Waals surface area (Å²) in [6, 6.07) is 5.97. The molecule has 1 aliphatic rings. The van der Waals surface area contributed by atoms with E-state index in [1.54, 1.807) is 0 Å². The molecular weight excluding hydrogens is 198 g/mol. The number of nitrogens with zero attached hydrogens (tertiary/aromatic N) is 1. The molecule has 1 unspecified atom stereocenters. The Kier molecular flexibility index (Phi) is 3.29. The van der Waals surface area contributed by atoms with Gasteiger partial charge in [-0.25, -0.2) is 0 Å². The highest BCUT2D eigenvalue weighted by Crippen LogP contribution is 2.42. The van der Waals surface area contributed by atoms with Crippen LogP contribution in [0, 0.1) is 11.3 Å². The van der Waals surface area contributed by atoms with Crippen LogP contribution in [0.3, 0.4) is 0 Å². The van der Waals surface area contributed by atoms with E-state index in [-0.39, 0.29) is 5.41 Å². The van der Waals surface area contributed by atoms with Crippen molar-refractivity contribution < 1.29 is 4.74 Å². The molecule has 1 aromatic rings. The van der Waals surface area contributed by atoms with Crippen molar-refractivity contribution in [2.45, 2.75) is 46.3 Å². The van der Waals surface area contributed by atoms with Crippen LogP contribution in [0.15, 0.2) is 24.4 Å². The van der Waals surface area contributed by atoms with Crippen LogP contribution >= 0.6 is 0 Å². The molecule has 1 heterocycles. The van der Waals surface area contributed by atoms with Gasteiger partial charge in [-0.3, -0.25) is 4.98 Å². The Morgan fingerprint density at radius 3 is 2.62 bits per heavy atom. The van der Waals surface area contributed by atoms with Crippen LogP contribution in [0.4, 0.5) is 0 Å². The average Bonchev–Trinajstić information content (AvgIpc) is 3.02. The van der Waals surface area contributed by atoms with Gasteiger partial charge in [-0.2, -0.15) is 0 Å². The van der Waals surface area contributed by atoms with Crippen molar-refractivity contribution >= 4 is 0 Å². The molecule has 16 heavy (non-hydrogen) atoms. The molecule has 88 valence electrons. The maximum atomic E-state index is 6.05. The largest absolute Gasteiger partial charge is 0.371 e. The van der Waals surface area contributed by atoms with E-state index in [2.05, 4.69) is 25.8 Å². The van der Waals surface area contributed by atoms with Gasteiger partial charge >= 0.3 is 0 Å². The summed E-state index contributed by atoms with van der Waals surface area (Å²) >= 11 is 0. The van der Waals surface area contributed by atoms with Gasteiger partial charge in [0, 0.05) is 6.20 Å². The van der Waals surface area contributed by atoms with Crippen molar-refractivity contribution in [1.29, 1.82) is 0 Å². The van der Waals surface area contributed by atoms with Crippen molar-refractivity contribution in [2.75, 3.05) is 0 Å². The minimum absolute atomic E-state index is 0.232. The first-order valence-electron chi connectivity index (χ1n) is 6.09. The van der Waals surface area contributed by atoms with Gasteiger partial charge in [0.15, 0.2) is 0 Å². The molecule has 0 bridgehead atoms. The molecule has 1 aliphatic carbocycles. The minimum Gasteiger partial charge on any atom is -0.371 e. The predicted octanol–water partition coefficient (Wildman–Crippen LogP) is 3.42. The molecule has 2 heteroatoms. The van der Waals surface area contributed by atoms with Crippen LogP contribution in [0.2, 0.25) is 0 Å². The third kappa shape index (κ3) is 3.05. The van der Waals surface area contributed by atoms with E-state index in [1.165, 1.54) is 12.8 Å². The SMILES string of the molecule is CC(C)(C)C(OCc1ccccn1)C1CC1. The minimum atomic E-state index is 0.232. The summed E-state index contributed by atoms with van der Waals surface area (Å²) in [6.45, 7) is 7.41. The summed E-state index contributed by atoms with van der Waals surface area (Å²) in [5.41, 5.74) is 1.26. The fraction of sp³-hybridized carbons (Fsp3) is 0.643. The topological polar surface area (TPSA) is 22.1 Å². The first-order chi connectivity index (χ1) is 7.57. The van der Waals surface area contributed by atoms with E-state index < -0.39 is 0 Å². The van der Waals surface area contributed by atoms with E-state index in [9.17, 15) is 0 Å². The quantitative estimate of drug-likeness (QED) is 0.774. The second-order valence-electron chi connectivity index (χ2n) is 5.76. The molecule has 1 saturated carbocycles. The van der Waals surface area contributed by atoms with Crippen LogP contribution in [-0.4, -0.2) is 11.1 Å². The average molecular weight is 219 g/mol. The number of aromatic nitrogens is 1. The van der Waals surface area contributed by atoms with Gasteiger partial charge in [0.05, 0.1) is 18.4 Å². The van der Waals surface area contributed by atoms with Crippen molar-refractivity contribution in [2.24, 2.45) is 11.3 Å². The second-order valence-corrected chi connectivity index (χ2v) is 5.76. The number of hydrogen-bond acceptors (Lipinski definition) is 2. The van der Waals surface area contributed by atoms with E-state index in [1.807, 2.05) is 24.4 Å². The molecule has 0 radical (unpaired) electrons. The lowest BCUT2D eigenvalue weighted by Crippen LogP contribution is -2.31. The standard InChI is InChI=1S/C14H21NO/c1-14(2,3)13(11-7-8-11)16-10-12-6-4-5-9-15-12/h4-6,9,11,13H,7-8,10H2,1-3H3. The second kappa shape index (κ2) is 4.54. The van der Waals surface area contributed by atoms with Crippen molar-refractivity contribution in [1.82, 2.24) is 4.98 Å². The maximum Gasteiger partial charge on any atom is 0.0892 e. The van der Waals surface area contributed by atoms with Gasteiger partial charge < -0.3 is 4.74 Å². The lowest BCUT2D eigenvalue weighted by molar-refractivity contribution is -0.0431. The Morgan fingerprint density at radius 1 is 1.38 bits per heavy atom. The molecule has 0 saturated heterocycles. The van der Waals surface area contributed by atoms with E-state index in [4.69, 9.17) is 4.74 Å². The number of ether oxygens (including phenoxy) is 1.